The summed E-state index contributed by atoms with van der Waals surface area (Å²) in [6.45, 7) is 0.811. The van der Waals surface area contributed by atoms with Gasteiger partial charge in [0.05, 0.1) is 22.3 Å². The van der Waals surface area contributed by atoms with E-state index in [1.807, 2.05) is 18.2 Å². The first-order valence-corrected chi connectivity index (χ1v) is 7.51. The molecule has 0 bridgehead atoms. The molecule has 20 heavy (non-hydrogen) atoms. The second-order valence-corrected chi connectivity index (χ2v) is 5.74. The Kier molecular flexibility index (Phi) is 3.64. The summed E-state index contributed by atoms with van der Waals surface area (Å²) in [5.41, 5.74) is 3.38. The second kappa shape index (κ2) is 5.58. The zero-order valence-corrected chi connectivity index (χ0v) is 11.8. The molecule has 5 nitrogen and oxygen atoms in total. The van der Waals surface area contributed by atoms with E-state index in [1.165, 1.54) is 0 Å². The summed E-state index contributed by atoms with van der Waals surface area (Å²) in [6, 6.07) is 5.65. The van der Waals surface area contributed by atoms with Gasteiger partial charge in [0.2, 0.25) is 11.8 Å². The lowest BCUT2D eigenvalue weighted by molar-refractivity contribution is -0.136. The molecule has 0 atom stereocenters. The third-order valence-electron chi connectivity index (χ3n) is 3.37. The second-order valence-electron chi connectivity index (χ2n) is 4.86. The highest BCUT2D eigenvalue weighted by atomic mass is 32.1. The molecule has 1 fully saturated rings. The number of benzene rings is 1. The smallest absolute Gasteiger partial charge is 0.243 e. The van der Waals surface area contributed by atoms with Gasteiger partial charge in [-0.25, -0.2) is 4.98 Å². The van der Waals surface area contributed by atoms with E-state index in [2.05, 4.69) is 10.3 Å². The summed E-state index contributed by atoms with van der Waals surface area (Å²) in [4.78, 5) is 29.5. The number of aromatic nitrogens is 1. The highest BCUT2D eigenvalue weighted by Gasteiger charge is 2.20. The van der Waals surface area contributed by atoms with Gasteiger partial charge in [0.25, 0.3) is 0 Å². The highest BCUT2D eigenvalue weighted by molar-refractivity contribution is 7.16. The quantitative estimate of drug-likeness (QED) is 0.942. The Morgan fingerprint density at radius 3 is 3.15 bits per heavy atom. The zero-order valence-electron chi connectivity index (χ0n) is 11.0. The molecule has 1 aromatic carbocycles. The van der Waals surface area contributed by atoms with E-state index in [9.17, 15) is 9.59 Å². The normalized spacial score (nSPS) is 15.6. The van der Waals surface area contributed by atoms with Crippen LogP contribution in [0.2, 0.25) is 0 Å². The third-order valence-corrected chi connectivity index (χ3v) is 4.18. The Hall–Kier alpha value is -1.95. The monoisotopic (exact) mass is 289 g/mol. The molecule has 0 saturated carbocycles. The Bertz CT molecular complexity index is 653. The first kappa shape index (κ1) is 13.1. The number of fused-ring (bicyclic) bond motifs is 1. The predicted octanol–water partition coefficient (Wildman–Crippen LogP) is 2.25. The Morgan fingerprint density at radius 1 is 1.40 bits per heavy atom. The molecule has 104 valence electrons. The first-order valence-electron chi connectivity index (χ1n) is 6.63. The number of likely N-dealkylation sites (tertiary alicyclic amines) is 1. The maximum absolute atomic E-state index is 12.0. The van der Waals surface area contributed by atoms with Crippen LogP contribution in [0.1, 0.15) is 19.3 Å². The van der Waals surface area contributed by atoms with E-state index in [-0.39, 0.29) is 18.4 Å². The van der Waals surface area contributed by atoms with Crippen LogP contribution in [0.15, 0.2) is 23.7 Å². The highest BCUT2D eigenvalue weighted by Crippen LogP contribution is 2.21. The molecule has 1 aliphatic heterocycles. The van der Waals surface area contributed by atoms with Crippen molar-refractivity contribution in [3.8, 4) is 0 Å². The van der Waals surface area contributed by atoms with E-state index in [1.54, 1.807) is 21.7 Å². The average Bonchev–Trinajstić information content (AvgIpc) is 2.89. The standard InChI is InChI=1S/C14H15N3O2S/c18-13(8-17-6-2-1-3-14(17)19)16-10-4-5-12-11(7-10)15-9-20-12/h4-5,7,9H,1-3,6,8H2,(H,16,18). The molecule has 1 N–H and O–H groups in total. The van der Waals surface area contributed by atoms with Gasteiger partial charge in [-0.2, -0.15) is 0 Å². The minimum atomic E-state index is -0.158. The lowest BCUT2D eigenvalue weighted by Gasteiger charge is -2.25. The van der Waals surface area contributed by atoms with E-state index in [0.717, 1.165) is 28.7 Å². The number of rotatable bonds is 3. The summed E-state index contributed by atoms with van der Waals surface area (Å²) in [6.07, 6.45) is 2.46. The van der Waals surface area contributed by atoms with Gasteiger partial charge < -0.3 is 10.2 Å². The van der Waals surface area contributed by atoms with E-state index < -0.39 is 0 Å². The SMILES string of the molecule is O=C(CN1CCCCC1=O)Nc1ccc2scnc2c1. The van der Waals surface area contributed by atoms with Crippen molar-refractivity contribution in [2.75, 3.05) is 18.4 Å². The molecular weight excluding hydrogens is 274 g/mol. The van der Waals surface area contributed by atoms with Crippen molar-refractivity contribution in [2.24, 2.45) is 0 Å². The van der Waals surface area contributed by atoms with Gasteiger partial charge in [0.1, 0.15) is 0 Å². The maximum Gasteiger partial charge on any atom is 0.243 e. The topological polar surface area (TPSA) is 62.3 Å². The Labute approximate surface area is 120 Å². The van der Waals surface area contributed by atoms with Crippen LogP contribution in [-0.2, 0) is 9.59 Å². The molecule has 3 rings (SSSR count). The van der Waals surface area contributed by atoms with Crippen LogP contribution in [0.4, 0.5) is 5.69 Å². The van der Waals surface area contributed by atoms with Gasteiger partial charge in [-0.15, -0.1) is 11.3 Å². The number of thiazole rings is 1. The zero-order chi connectivity index (χ0) is 13.9. The van der Waals surface area contributed by atoms with Gasteiger partial charge in [0.15, 0.2) is 0 Å². The number of hydrogen-bond donors (Lipinski definition) is 1. The number of piperidine rings is 1. The lowest BCUT2D eigenvalue weighted by atomic mass is 10.1. The molecule has 0 unspecified atom stereocenters. The Morgan fingerprint density at radius 2 is 2.30 bits per heavy atom. The molecule has 2 amide bonds. The summed E-state index contributed by atoms with van der Waals surface area (Å²) >= 11 is 1.57. The summed E-state index contributed by atoms with van der Waals surface area (Å²) in [5.74, 6) is -0.0869. The summed E-state index contributed by atoms with van der Waals surface area (Å²) in [5, 5.41) is 2.82. The number of anilines is 1. The average molecular weight is 289 g/mol. The molecule has 2 heterocycles. The van der Waals surface area contributed by atoms with Gasteiger partial charge in [-0.1, -0.05) is 0 Å². The van der Waals surface area contributed by atoms with Crippen LogP contribution in [0.3, 0.4) is 0 Å². The van der Waals surface area contributed by atoms with Crippen molar-refractivity contribution in [2.45, 2.75) is 19.3 Å². The Balaban J connectivity index is 1.64. The minimum absolute atomic E-state index is 0.0707. The number of nitrogens with one attached hydrogen (secondary N) is 1. The van der Waals surface area contributed by atoms with Crippen molar-refractivity contribution in [1.82, 2.24) is 9.88 Å². The van der Waals surface area contributed by atoms with Crippen molar-refractivity contribution in [1.29, 1.82) is 0 Å². The minimum Gasteiger partial charge on any atom is -0.333 e. The van der Waals surface area contributed by atoms with Crippen molar-refractivity contribution >= 4 is 39.1 Å². The number of carbonyl (C=O) groups excluding carboxylic acids is 2. The molecule has 1 aromatic heterocycles. The fourth-order valence-corrected chi connectivity index (χ4v) is 3.00. The third kappa shape index (κ3) is 2.80. The fraction of sp³-hybridized carbons (Fsp3) is 0.357. The van der Waals surface area contributed by atoms with Crippen LogP contribution in [0, 0.1) is 0 Å². The van der Waals surface area contributed by atoms with Crippen molar-refractivity contribution < 1.29 is 9.59 Å². The van der Waals surface area contributed by atoms with Gasteiger partial charge in [-0.05, 0) is 31.0 Å². The molecule has 0 radical (unpaired) electrons. The number of hydrogen-bond acceptors (Lipinski definition) is 4. The van der Waals surface area contributed by atoms with Gasteiger partial charge in [-0.3, -0.25) is 9.59 Å². The predicted molar refractivity (Wildman–Crippen MR) is 78.7 cm³/mol. The first-order chi connectivity index (χ1) is 9.72. The van der Waals surface area contributed by atoms with E-state index in [0.29, 0.717) is 13.0 Å². The maximum atomic E-state index is 12.0. The van der Waals surface area contributed by atoms with Crippen molar-refractivity contribution in [3.63, 3.8) is 0 Å². The summed E-state index contributed by atoms with van der Waals surface area (Å²) in [7, 11) is 0. The molecule has 6 heteroatoms. The van der Waals surface area contributed by atoms with Crippen LogP contribution < -0.4 is 5.32 Å². The number of nitrogens with zero attached hydrogens (tertiary/aromatic N) is 2. The van der Waals surface area contributed by atoms with Crippen LogP contribution in [-0.4, -0.2) is 34.8 Å². The van der Waals surface area contributed by atoms with Gasteiger partial charge in [0, 0.05) is 18.7 Å². The summed E-state index contributed by atoms with van der Waals surface area (Å²) < 4.78 is 1.09. The largest absolute Gasteiger partial charge is 0.333 e. The molecular formula is C14H15N3O2S. The van der Waals surface area contributed by atoms with Crippen LogP contribution in [0.5, 0.6) is 0 Å². The van der Waals surface area contributed by atoms with E-state index in [4.69, 9.17) is 0 Å². The van der Waals surface area contributed by atoms with Gasteiger partial charge >= 0.3 is 0 Å². The molecule has 1 saturated heterocycles. The molecule has 1 aliphatic rings. The molecule has 0 spiro atoms. The van der Waals surface area contributed by atoms with E-state index >= 15 is 0 Å². The lowest BCUT2D eigenvalue weighted by Crippen LogP contribution is -2.40. The number of carbonyl (C=O) groups is 2. The molecule has 0 aliphatic carbocycles. The van der Waals surface area contributed by atoms with Crippen LogP contribution >= 0.6 is 11.3 Å². The fourth-order valence-electron chi connectivity index (χ4n) is 2.34. The van der Waals surface area contributed by atoms with Crippen LogP contribution in [0.25, 0.3) is 10.2 Å². The number of amides is 2. The van der Waals surface area contributed by atoms with Crippen molar-refractivity contribution in [3.05, 3.63) is 23.7 Å². The molecule has 2 aromatic rings.